The van der Waals surface area contributed by atoms with E-state index >= 15 is 0 Å². The standard InChI is InChI=1S/C24H25FN2O5S/c1-16(18-7-10-21(25)11-8-18)27-24(29)17(2)32-23(28)13-14-26-33(30,31)22-12-9-19-5-3-4-6-20(19)15-22/h3-12,15-17,26H,13-14H2,1-2H3,(H,27,29)/t16-,17-/m1/s1. The maximum atomic E-state index is 13.0. The smallest absolute Gasteiger partial charge is 0.307 e. The highest BCUT2D eigenvalue weighted by Gasteiger charge is 2.21. The molecule has 0 aromatic heterocycles. The quantitative estimate of drug-likeness (QED) is 0.465. The van der Waals surface area contributed by atoms with Crippen molar-refractivity contribution in [2.75, 3.05) is 6.54 Å². The van der Waals surface area contributed by atoms with Crippen molar-refractivity contribution in [1.82, 2.24) is 10.0 Å². The van der Waals surface area contributed by atoms with Gasteiger partial charge in [0.05, 0.1) is 17.4 Å². The van der Waals surface area contributed by atoms with Crippen LogP contribution < -0.4 is 10.0 Å². The van der Waals surface area contributed by atoms with Crippen molar-refractivity contribution in [3.63, 3.8) is 0 Å². The topological polar surface area (TPSA) is 102 Å². The van der Waals surface area contributed by atoms with E-state index in [4.69, 9.17) is 4.74 Å². The van der Waals surface area contributed by atoms with Gasteiger partial charge in [-0.1, -0.05) is 42.5 Å². The number of hydrogen-bond donors (Lipinski definition) is 2. The van der Waals surface area contributed by atoms with Gasteiger partial charge in [-0.25, -0.2) is 17.5 Å². The Morgan fingerprint density at radius 2 is 1.64 bits per heavy atom. The van der Waals surface area contributed by atoms with Gasteiger partial charge >= 0.3 is 5.97 Å². The summed E-state index contributed by atoms with van der Waals surface area (Å²) >= 11 is 0. The first-order chi connectivity index (χ1) is 15.7. The van der Waals surface area contributed by atoms with Crippen LogP contribution in [0, 0.1) is 5.82 Å². The lowest BCUT2D eigenvalue weighted by atomic mass is 10.1. The van der Waals surface area contributed by atoms with Crippen LogP contribution >= 0.6 is 0 Å². The van der Waals surface area contributed by atoms with Crippen LogP contribution in [0.4, 0.5) is 4.39 Å². The lowest BCUT2D eigenvalue weighted by molar-refractivity contribution is -0.154. The molecule has 9 heteroatoms. The molecule has 0 fully saturated rings. The second-order valence-electron chi connectivity index (χ2n) is 7.57. The van der Waals surface area contributed by atoms with Crippen LogP contribution in [0.3, 0.4) is 0 Å². The molecule has 0 spiro atoms. The van der Waals surface area contributed by atoms with Gasteiger partial charge in [0.2, 0.25) is 10.0 Å². The number of carbonyl (C=O) groups excluding carboxylic acids is 2. The molecule has 33 heavy (non-hydrogen) atoms. The molecule has 7 nitrogen and oxygen atoms in total. The summed E-state index contributed by atoms with van der Waals surface area (Å²) in [5.41, 5.74) is 0.700. The Morgan fingerprint density at radius 3 is 2.33 bits per heavy atom. The summed E-state index contributed by atoms with van der Waals surface area (Å²) in [5, 5.41) is 4.39. The van der Waals surface area contributed by atoms with Crippen molar-refractivity contribution in [1.29, 1.82) is 0 Å². The summed E-state index contributed by atoms with van der Waals surface area (Å²) in [6, 6.07) is 17.4. The van der Waals surface area contributed by atoms with Gasteiger partial charge in [-0.15, -0.1) is 0 Å². The molecule has 0 aliphatic rings. The molecule has 3 aromatic rings. The number of rotatable bonds is 9. The van der Waals surface area contributed by atoms with E-state index in [1.54, 1.807) is 31.2 Å². The van der Waals surface area contributed by atoms with E-state index in [1.165, 1.54) is 25.1 Å². The number of ether oxygens (including phenoxy) is 1. The minimum atomic E-state index is -3.81. The first-order valence-corrected chi connectivity index (χ1v) is 11.9. The van der Waals surface area contributed by atoms with Gasteiger partial charge in [0.25, 0.3) is 5.91 Å². The molecule has 0 aliphatic heterocycles. The first-order valence-electron chi connectivity index (χ1n) is 10.4. The average molecular weight is 473 g/mol. The van der Waals surface area contributed by atoms with Crippen molar-refractivity contribution in [3.8, 4) is 0 Å². The molecule has 0 saturated heterocycles. The van der Waals surface area contributed by atoms with E-state index in [2.05, 4.69) is 10.0 Å². The number of benzene rings is 3. The van der Waals surface area contributed by atoms with Crippen molar-refractivity contribution < 1.29 is 27.1 Å². The number of hydrogen-bond acceptors (Lipinski definition) is 5. The van der Waals surface area contributed by atoms with Crippen molar-refractivity contribution in [2.24, 2.45) is 0 Å². The minimum absolute atomic E-state index is 0.0945. The predicted molar refractivity (Wildman–Crippen MR) is 122 cm³/mol. The molecule has 0 bridgehead atoms. The summed E-state index contributed by atoms with van der Waals surface area (Å²) in [7, 11) is -3.81. The van der Waals surface area contributed by atoms with Crippen molar-refractivity contribution >= 4 is 32.7 Å². The first kappa shape index (κ1) is 24.3. The Balaban J connectivity index is 1.47. The highest BCUT2D eigenvalue weighted by atomic mass is 32.2. The van der Waals surface area contributed by atoms with Gasteiger partial charge in [-0.3, -0.25) is 9.59 Å². The van der Waals surface area contributed by atoms with E-state index in [1.807, 2.05) is 24.3 Å². The molecule has 3 aromatic carbocycles. The molecular weight excluding hydrogens is 447 g/mol. The summed E-state index contributed by atoms with van der Waals surface area (Å²) in [5.74, 6) is -1.61. The fourth-order valence-corrected chi connectivity index (χ4v) is 4.25. The Hall–Kier alpha value is -3.30. The number of esters is 1. The van der Waals surface area contributed by atoms with E-state index in [0.29, 0.717) is 5.56 Å². The Labute approximate surface area is 192 Å². The SMILES string of the molecule is C[C@@H](OC(=O)CCNS(=O)(=O)c1ccc2ccccc2c1)C(=O)N[C@H](C)c1ccc(F)cc1. The van der Waals surface area contributed by atoms with E-state index in [9.17, 15) is 22.4 Å². The molecule has 0 unspecified atom stereocenters. The molecule has 0 aliphatic carbocycles. The Kier molecular flexibility index (Phi) is 7.78. The van der Waals surface area contributed by atoms with Gasteiger partial charge in [0.1, 0.15) is 5.82 Å². The molecule has 2 N–H and O–H groups in total. The van der Waals surface area contributed by atoms with Crippen LogP contribution in [0.15, 0.2) is 71.6 Å². The lowest BCUT2D eigenvalue weighted by Gasteiger charge is -2.18. The maximum Gasteiger partial charge on any atom is 0.307 e. The van der Waals surface area contributed by atoms with Crippen LogP contribution in [0.1, 0.15) is 31.9 Å². The highest BCUT2D eigenvalue weighted by Crippen LogP contribution is 2.19. The monoisotopic (exact) mass is 472 g/mol. The number of nitrogens with one attached hydrogen (secondary N) is 2. The van der Waals surface area contributed by atoms with Gasteiger partial charge in [-0.05, 0) is 54.4 Å². The van der Waals surface area contributed by atoms with Crippen molar-refractivity contribution in [3.05, 3.63) is 78.1 Å². The summed E-state index contributed by atoms with van der Waals surface area (Å²) in [4.78, 5) is 24.4. The zero-order valence-electron chi connectivity index (χ0n) is 18.2. The lowest BCUT2D eigenvalue weighted by Crippen LogP contribution is -2.37. The molecule has 174 valence electrons. The normalized spacial score (nSPS) is 13.3. The number of sulfonamides is 1. The van der Waals surface area contributed by atoms with Crippen LogP contribution in [0.2, 0.25) is 0 Å². The number of amides is 1. The largest absolute Gasteiger partial charge is 0.453 e. The summed E-state index contributed by atoms with van der Waals surface area (Å²) in [6.07, 6.45) is -1.31. The highest BCUT2D eigenvalue weighted by molar-refractivity contribution is 7.89. The third-order valence-electron chi connectivity index (χ3n) is 5.06. The zero-order valence-corrected chi connectivity index (χ0v) is 19.1. The van der Waals surface area contributed by atoms with Crippen molar-refractivity contribution in [2.45, 2.75) is 37.3 Å². The number of carbonyl (C=O) groups is 2. The summed E-state index contributed by atoms with van der Waals surface area (Å²) < 4.78 is 45.5. The van der Waals surface area contributed by atoms with Crippen LogP contribution in [-0.2, 0) is 24.3 Å². The third kappa shape index (κ3) is 6.59. The Bertz CT molecular complexity index is 1250. The minimum Gasteiger partial charge on any atom is -0.453 e. The van der Waals surface area contributed by atoms with Gasteiger partial charge in [0.15, 0.2) is 6.10 Å². The van der Waals surface area contributed by atoms with Gasteiger partial charge in [0, 0.05) is 6.54 Å². The molecule has 0 heterocycles. The molecular formula is C24H25FN2O5S. The van der Waals surface area contributed by atoms with Crippen LogP contribution in [0.25, 0.3) is 10.8 Å². The number of fused-ring (bicyclic) bond motifs is 1. The molecule has 1 amide bonds. The maximum absolute atomic E-state index is 13.0. The van der Waals surface area contributed by atoms with E-state index in [0.717, 1.165) is 10.8 Å². The fourth-order valence-electron chi connectivity index (χ4n) is 3.18. The van der Waals surface area contributed by atoms with Gasteiger partial charge < -0.3 is 10.1 Å². The van der Waals surface area contributed by atoms with Gasteiger partial charge in [-0.2, -0.15) is 0 Å². The zero-order chi connectivity index (χ0) is 24.0. The van der Waals surface area contributed by atoms with E-state index in [-0.39, 0.29) is 23.7 Å². The average Bonchev–Trinajstić information content (AvgIpc) is 2.78. The molecule has 3 rings (SSSR count). The predicted octanol–water partition coefficient (Wildman–Crippen LogP) is 3.46. The van der Waals surface area contributed by atoms with Crippen LogP contribution in [0.5, 0.6) is 0 Å². The second kappa shape index (κ2) is 10.5. The molecule has 0 radical (unpaired) electrons. The fraction of sp³-hybridized carbons (Fsp3) is 0.250. The van der Waals surface area contributed by atoms with E-state index < -0.39 is 34.0 Å². The second-order valence-corrected chi connectivity index (χ2v) is 9.34. The number of halogens is 1. The van der Waals surface area contributed by atoms with Crippen LogP contribution in [-0.4, -0.2) is 32.9 Å². The molecule has 0 saturated carbocycles. The summed E-state index contributed by atoms with van der Waals surface area (Å²) in [6.45, 7) is 2.97. The third-order valence-corrected chi connectivity index (χ3v) is 6.52. The Morgan fingerprint density at radius 1 is 0.970 bits per heavy atom. The molecule has 2 atom stereocenters.